The van der Waals surface area contributed by atoms with Crippen molar-refractivity contribution in [2.75, 3.05) is 18.0 Å². The first-order valence-corrected chi connectivity index (χ1v) is 7.79. The Morgan fingerprint density at radius 3 is 2.05 bits per heavy atom. The number of aromatic nitrogens is 2. The van der Waals surface area contributed by atoms with Gasteiger partial charge in [-0.05, 0) is 26.0 Å². The van der Waals surface area contributed by atoms with Gasteiger partial charge in [-0.1, -0.05) is 48.5 Å². The zero-order valence-corrected chi connectivity index (χ0v) is 13.1. The first-order valence-electron chi connectivity index (χ1n) is 7.79. The molecule has 3 nitrogen and oxygen atoms in total. The zero-order chi connectivity index (χ0) is 15.4. The Kier molecular flexibility index (Phi) is 4.24. The third-order valence-corrected chi connectivity index (χ3v) is 3.85. The van der Waals surface area contributed by atoms with Crippen molar-refractivity contribution < 1.29 is 0 Å². The van der Waals surface area contributed by atoms with Gasteiger partial charge in [0.2, 0.25) is 0 Å². The highest BCUT2D eigenvalue weighted by atomic mass is 15.4. The fraction of sp³-hybridized carbons (Fsp3) is 0.211. The van der Waals surface area contributed by atoms with Crippen LogP contribution in [0.1, 0.15) is 13.8 Å². The van der Waals surface area contributed by atoms with E-state index in [0.717, 1.165) is 35.9 Å². The summed E-state index contributed by atoms with van der Waals surface area (Å²) in [5, 5.41) is 4.84. The largest absolute Gasteiger partial charge is 0.357 e. The van der Waals surface area contributed by atoms with Crippen molar-refractivity contribution in [2.45, 2.75) is 13.8 Å². The molecule has 0 N–H and O–H groups in total. The van der Waals surface area contributed by atoms with Crippen molar-refractivity contribution >= 4 is 5.82 Å². The molecular formula is C19H21N3. The molecule has 0 unspecified atom stereocenters. The Hall–Kier alpha value is -2.55. The number of hydrogen-bond donors (Lipinski definition) is 0. The van der Waals surface area contributed by atoms with Crippen LogP contribution in [-0.2, 0) is 0 Å². The third kappa shape index (κ3) is 2.75. The molecular weight excluding hydrogens is 270 g/mol. The number of anilines is 1. The highest BCUT2D eigenvalue weighted by Gasteiger charge is 2.14. The van der Waals surface area contributed by atoms with E-state index in [1.54, 1.807) is 0 Å². The average molecular weight is 291 g/mol. The lowest BCUT2D eigenvalue weighted by Gasteiger charge is -2.21. The van der Waals surface area contributed by atoms with E-state index < -0.39 is 0 Å². The van der Waals surface area contributed by atoms with Crippen LogP contribution < -0.4 is 4.90 Å². The summed E-state index contributed by atoms with van der Waals surface area (Å²) in [7, 11) is 0. The summed E-state index contributed by atoms with van der Waals surface area (Å²) in [4.78, 5) is 2.33. The lowest BCUT2D eigenvalue weighted by Crippen LogP contribution is -2.24. The molecule has 0 spiro atoms. The lowest BCUT2D eigenvalue weighted by atomic mass is 10.1. The number of para-hydroxylation sites is 1. The van der Waals surface area contributed by atoms with Gasteiger partial charge in [0.15, 0.2) is 0 Å². The topological polar surface area (TPSA) is 21.1 Å². The normalized spacial score (nSPS) is 10.6. The molecule has 0 saturated carbocycles. The summed E-state index contributed by atoms with van der Waals surface area (Å²) in [6.07, 6.45) is 0. The van der Waals surface area contributed by atoms with Crippen molar-refractivity contribution in [3.63, 3.8) is 0 Å². The van der Waals surface area contributed by atoms with Crippen LogP contribution >= 0.6 is 0 Å². The molecule has 0 aliphatic rings. The third-order valence-electron chi connectivity index (χ3n) is 3.85. The molecule has 0 amide bonds. The Labute approximate surface area is 131 Å². The van der Waals surface area contributed by atoms with E-state index in [-0.39, 0.29) is 0 Å². The molecule has 0 radical (unpaired) electrons. The number of rotatable bonds is 5. The SMILES string of the molecule is CCN(CC)c1cc(-c2ccccc2)nn1-c1ccccc1. The molecule has 22 heavy (non-hydrogen) atoms. The maximum absolute atomic E-state index is 4.84. The molecule has 3 rings (SSSR count). The minimum Gasteiger partial charge on any atom is -0.357 e. The standard InChI is InChI=1S/C19H21N3/c1-3-21(4-2)19-15-18(16-11-7-5-8-12-16)20-22(19)17-13-9-6-10-14-17/h5-15H,3-4H2,1-2H3. The van der Waals surface area contributed by atoms with Crippen LogP contribution in [0.3, 0.4) is 0 Å². The Balaban J connectivity index is 2.13. The summed E-state index contributed by atoms with van der Waals surface area (Å²) < 4.78 is 2.04. The quantitative estimate of drug-likeness (QED) is 0.695. The van der Waals surface area contributed by atoms with Crippen LogP contribution in [0, 0.1) is 0 Å². The van der Waals surface area contributed by atoms with E-state index >= 15 is 0 Å². The van der Waals surface area contributed by atoms with Gasteiger partial charge in [0, 0.05) is 24.7 Å². The molecule has 0 atom stereocenters. The smallest absolute Gasteiger partial charge is 0.132 e. The first kappa shape index (κ1) is 14.4. The van der Waals surface area contributed by atoms with Crippen molar-refractivity contribution in [3.05, 3.63) is 66.7 Å². The van der Waals surface area contributed by atoms with Crippen LogP contribution in [0.2, 0.25) is 0 Å². The van der Waals surface area contributed by atoms with Crippen LogP contribution in [-0.4, -0.2) is 22.9 Å². The maximum atomic E-state index is 4.84. The molecule has 0 bridgehead atoms. The number of benzene rings is 2. The predicted molar refractivity (Wildman–Crippen MR) is 92.6 cm³/mol. The van der Waals surface area contributed by atoms with Crippen molar-refractivity contribution in [1.29, 1.82) is 0 Å². The Morgan fingerprint density at radius 1 is 0.864 bits per heavy atom. The van der Waals surface area contributed by atoms with E-state index in [2.05, 4.69) is 49.1 Å². The summed E-state index contributed by atoms with van der Waals surface area (Å²) in [6, 6.07) is 22.8. The Morgan fingerprint density at radius 2 is 1.45 bits per heavy atom. The highest BCUT2D eigenvalue weighted by Crippen LogP contribution is 2.27. The fourth-order valence-electron chi connectivity index (χ4n) is 2.65. The summed E-state index contributed by atoms with van der Waals surface area (Å²) >= 11 is 0. The van der Waals surface area contributed by atoms with Crippen LogP contribution in [0.4, 0.5) is 5.82 Å². The van der Waals surface area contributed by atoms with Gasteiger partial charge in [0.25, 0.3) is 0 Å². The molecule has 0 aliphatic heterocycles. The second-order valence-corrected chi connectivity index (χ2v) is 5.17. The zero-order valence-electron chi connectivity index (χ0n) is 13.1. The molecule has 1 heterocycles. The first-order chi connectivity index (χ1) is 10.8. The minimum absolute atomic E-state index is 0.962. The number of nitrogens with zero attached hydrogens (tertiary/aromatic N) is 3. The fourth-order valence-corrected chi connectivity index (χ4v) is 2.65. The minimum atomic E-state index is 0.962. The van der Waals surface area contributed by atoms with Gasteiger partial charge in [0.05, 0.1) is 11.4 Å². The molecule has 3 heteroatoms. The van der Waals surface area contributed by atoms with Gasteiger partial charge in [-0.15, -0.1) is 0 Å². The summed E-state index contributed by atoms with van der Waals surface area (Å²) in [5.74, 6) is 1.13. The van der Waals surface area contributed by atoms with Gasteiger partial charge >= 0.3 is 0 Å². The molecule has 2 aromatic carbocycles. The van der Waals surface area contributed by atoms with E-state index in [4.69, 9.17) is 5.10 Å². The second-order valence-electron chi connectivity index (χ2n) is 5.17. The van der Waals surface area contributed by atoms with Crippen molar-refractivity contribution in [2.24, 2.45) is 0 Å². The second kappa shape index (κ2) is 6.48. The van der Waals surface area contributed by atoms with Gasteiger partial charge < -0.3 is 4.90 Å². The van der Waals surface area contributed by atoms with Gasteiger partial charge in [-0.2, -0.15) is 5.10 Å². The van der Waals surface area contributed by atoms with E-state index in [1.165, 1.54) is 0 Å². The van der Waals surface area contributed by atoms with E-state index in [1.807, 2.05) is 41.1 Å². The predicted octanol–water partition coefficient (Wildman–Crippen LogP) is 4.39. The maximum Gasteiger partial charge on any atom is 0.132 e. The highest BCUT2D eigenvalue weighted by molar-refractivity contribution is 5.65. The van der Waals surface area contributed by atoms with Crippen LogP contribution in [0.5, 0.6) is 0 Å². The summed E-state index contributed by atoms with van der Waals surface area (Å²) in [5.41, 5.74) is 3.24. The molecule has 112 valence electrons. The van der Waals surface area contributed by atoms with E-state index in [9.17, 15) is 0 Å². The average Bonchev–Trinajstić information content (AvgIpc) is 3.03. The number of hydrogen-bond acceptors (Lipinski definition) is 2. The molecule has 0 aliphatic carbocycles. The monoisotopic (exact) mass is 291 g/mol. The van der Waals surface area contributed by atoms with Crippen molar-refractivity contribution in [1.82, 2.24) is 9.78 Å². The molecule has 0 fully saturated rings. The summed E-state index contributed by atoms with van der Waals surface area (Å²) in [6.45, 7) is 6.27. The van der Waals surface area contributed by atoms with Crippen LogP contribution in [0.15, 0.2) is 66.7 Å². The lowest BCUT2D eigenvalue weighted by molar-refractivity contribution is 0.786. The van der Waals surface area contributed by atoms with E-state index in [0.29, 0.717) is 0 Å². The molecule has 3 aromatic rings. The van der Waals surface area contributed by atoms with Crippen LogP contribution in [0.25, 0.3) is 16.9 Å². The molecule has 0 saturated heterocycles. The Bertz CT molecular complexity index is 713. The van der Waals surface area contributed by atoms with Gasteiger partial charge in [-0.3, -0.25) is 0 Å². The van der Waals surface area contributed by atoms with Crippen molar-refractivity contribution in [3.8, 4) is 16.9 Å². The van der Waals surface area contributed by atoms with Gasteiger partial charge in [0.1, 0.15) is 5.82 Å². The molecule has 1 aromatic heterocycles. The van der Waals surface area contributed by atoms with Gasteiger partial charge in [-0.25, -0.2) is 4.68 Å².